The van der Waals surface area contributed by atoms with Crippen LogP contribution < -0.4 is 32.3 Å². The van der Waals surface area contributed by atoms with Crippen LogP contribution in [0.15, 0.2) is 64.0 Å². The molecule has 9 N–H and O–H groups in total. The van der Waals surface area contributed by atoms with E-state index in [1.807, 2.05) is 29.0 Å². The zero-order valence-electron chi connectivity index (χ0n) is 46.2. The van der Waals surface area contributed by atoms with Gasteiger partial charge in [0.05, 0.1) is 54.2 Å². The van der Waals surface area contributed by atoms with E-state index in [9.17, 15) is 43.5 Å². The molecule has 0 saturated carbocycles. The molecule has 84 heavy (non-hydrogen) atoms. The van der Waals surface area contributed by atoms with E-state index in [1.54, 1.807) is 48.2 Å². The molecular weight excluding hydrogens is 1200 g/mol. The van der Waals surface area contributed by atoms with E-state index < -0.39 is 53.8 Å². The number of carbonyl (C=O) groups is 8. The number of nitrogens with one attached hydrogen (secondary N) is 5. The quantitative estimate of drug-likeness (QED) is 0.0270. The number of amides is 6. The van der Waals surface area contributed by atoms with Gasteiger partial charge in [0.25, 0.3) is 17.7 Å². The third kappa shape index (κ3) is 19.2. The van der Waals surface area contributed by atoms with Gasteiger partial charge in [0.1, 0.15) is 65.0 Å². The molecule has 0 saturated heterocycles. The van der Waals surface area contributed by atoms with Gasteiger partial charge >= 0.3 is 11.9 Å². The largest absolute Gasteiger partial charge is 0.481 e. The van der Waals surface area contributed by atoms with Gasteiger partial charge in [-0.25, -0.2) is 34.9 Å². The van der Waals surface area contributed by atoms with Gasteiger partial charge in [-0.1, -0.05) is 50.6 Å². The number of hydrogen-bond donors (Lipinski definition) is 8. The number of rotatable bonds is 25. The number of pyridine rings is 1. The number of carboxylic acid groups (broad SMARTS) is 2. The number of aliphatic carboxylic acids is 2. The number of nitrogens with two attached hydrogens (primary N) is 1. The van der Waals surface area contributed by atoms with Crippen molar-refractivity contribution < 1.29 is 53.3 Å². The van der Waals surface area contributed by atoms with Gasteiger partial charge in [-0.3, -0.25) is 38.4 Å². The molecule has 0 aliphatic rings. The summed E-state index contributed by atoms with van der Waals surface area (Å²) in [6.45, 7) is 7.15. The predicted octanol–water partition coefficient (Wildman–Crippen LogP) is 7.87. The number of carboxylic acids is 2. The number of methoxy groups -OCH3 is 1. The lowest BCUT2D eigenvalue weighted by atomic mass is 9.99. The van der Waals surface area contributed by atoms with Crippen molar-refractivity contribution in [3.8, 4) is 43.4 Å². The van der Waals surface area contributed by atoms with Crippen LogP contribution in [0.5, 0.6) is 0 Å². The summed E-state index contributed by atoms with van der Waals surface area (Å²) in [6.07, 6.45) is 1.86. The highest BCUT2D eigenvalue weighted by Gasteiger charge is 2.25. The number of ether oxygens (including phenoxy) is 1. The lowest BCUT2D eigenvalue weighted by Crippen LogP contribution is -2.34. The number of primary amides is 1. The predicted molar refractivity (Wildman–Crippen MR) is 323 cm³/mol. The minimum atomic E-state index is -1.30. The highest BCUT2D eigenvalue weighted by Crippen LogP contribution is 2.38. The molecule has 0 radical (unpaired) electrons. The molecule has 1 aromatic carbocycles. The molecule has 0 spiro atoms. The minimum Gasteiger partial charge on any atom is -0.481 e. The summed E-state index contributed by atoms with van der Waals surface area (Å²) in [5.41, 5.74) is 9.42. The summed E-state index contributed by atoms with van der Waals surface area (Å²) >= 11 is 7.80. The summed E-state index contributed by atoms with van der Waals surface area (Å²) in [7, 11) is 3.06. The summed E-state index contributed by atoms with van der Waals surface area (Å²) in [5, 5.41) is 42.0. The van der Waals surface area contributed by atoms with Crippen molar-refractivity contribution in [1.29, 1.82) is 0 Å². The van der Waals surface area contributed by atoms with E-state index in [2.05, 4.69) is 67.5 Å². The first-order chi connectivity index (χ1) is 40.3. The van der Waals surface area contributed by atoms with E-state index in [-0.39, 0.29) is 67.9 Å². The second kappa shape index (κ2) is 32.1. The van der Waals surface area contributed by atoms with Gasteiger partial charge < -0.3 is 47.3 Å². The molecule has 442 valence electrons. The third-order valence-corrected chi connectivity index (χ3v) is 16.7. The molecule has 8 rings (SSSR count). The van der Waals surface area contributed by atoms with Crippen molar-refractivity contribution in [3.63, 3.8) is 0 Å². The van der Waals surface area contributed by atoms with Crippen LogP contribution in [-0.4, -0.2) is 113 Å². The summed E-state index contributed by atoms with van der Waals surface area (Å²) in [4.78, 5) is 130. The maximum Gasteiger partial charge on any atom is 0.307 e. The third-order valence-electron chi connectivity index (χ3n) is 11.2. The Morgan fingerprint density at radius 1 is 0.679 bits per heavy atom. The second-order valence-electron chi connectivity index (χ2n) is 17.9. The average Bonchev–Trinajstić information content (AvgIpc) is 4.52. The van der Waals surface area contributed by atoms with Crippen molar-refractivity contribution in [1.82, 2.24) is 56.2 Å². The Morgan fingerprint density at radius 2 is 1.32 bits per heavy atom. The zero-order chi connectivity index (χ0) is 60.9. The van der Waals surface area contributed by atoms with Crippen LogP contribution in [0.3, 0.4) is 0 Å². The Kier molecular flexibility index (Phi) is 24.8. The molecule has 0 bridgehead atoms. The van der Waals surface area contributed by atoms with E-state index in [4.69, 9.17) is 35.5 Å². The van der Waals surface area contributed by atoms with Crippen LogP contribution in [0.4, 0.5) is 5.82 Å². The number of aryl methyl sites for hydroxylation is 3. The molecule has 0 unspecified atom stereocenters. The highest BCUT2D eigenvalue weighted by atomic mass is 32.1. The van der Waals surface area contributed by atoms with Gasteiger partial charge in [-0.15, -0.1) is 68.0 Å². The number of benzene rings is 1. The molecule has 0 aliphatic heterocycles. The molecule has 6 amide bonds. The molecule has 7 heterocycles. The fourth-order valence-corrected chi connectivity index (χ4v) is 12.2. The molecule has 24 nitrogen and oxygen atoms in total. The Hall–Kier alpha value is -8.13. The molecule has 1 atom stereocenters. The van der Waals surface area contributed by atoms with Gasteiger partial charge in [-0.05, 0) is 37.5 Å². The van der Waals surface area contributed by atoms with Crippen LogP contribution >= 0.6 is 68.0 Å². The topological polar surface area (TPSA) is 363 Å². The first kappa shape index (κ1) is 65.0. The standard InChI is InChI=1S/C48H44N12O10S6.C3H7NO.C3H8/c1-23-39(43(66)52-17-37-60-41(31(76-37)18-70-2)44(67)50-15-32(49)61)59-36(75-23)16-51-42(65)29-20-72-45(56-29)26-10-11-27(46-58-33(22-74-46)57-34(62)12-9-25(48(68)69)14-38(63)64)54-40(26)28-19-73-47(55-28)30-21-71-35(53-30)13-8-24-6-4-3-5-7-24;1-3(5)4-2;1-3-2/h3-7,10-11,19-22,25H,8-9,12-18H2,1-2H3,(H2,49,61)(H,50,67)(H,51,65)(H,52,66)(H,57,62)(H,63,64)(H,68,69);1-2H3,(H,4,5);3H2,1-2H3/t25-;;/m0../s1. The molecular formula is C54H59N13O11S6. The number of anilines is 1. The molecule has 7 aromatic heterocycles. The lowest BCUT2D eigenvalue weighted by molar-refractivity contribution is -0.148. The van der Waals surface area contributed by atoms with Crippen molar-refractivity contribution in [2.45, 2.75) is 85.9 Å². The number of hydrogen-bond acceptors (Lipinski definition) is 22. The number of carbonyl (C=O) groups excluding carboxylic acids is 6. The first-order valence-corrected chi connectivity index (χ1v) is 30.8. The zero-order valence-corrected chi connectivity index (χ0v) is 51.1. The number of aromatic nitrogens is 7. The van der Waals surface area contributed by atoms with Gasteiger partial charge in [0.15, 0.2) is 0 Å². The van der Waals surface area contributed by atoms with Crippen LogP contribution in [0, 0.1) is 12.8 Å². The van der Waals surface area contributed by atoms with Crippen LogP contribution in [0.25, 0.3) is 43.4 Å². The van der Waals surface area contributed by atoms with Crippen LogP contribution in [0.1, 0.15) is 108 Å². The fraction of sp³-hybridized carbons (Fsp3) is 0.315. The number of thiazole rings is 6. The van der Waals surface area contributed by atoms with E-state index in [0.717, 1.165) is 23.5 Å². The summed E-state index contributed by atoms with van der Waals surface area (Å²) in [5.74, 6) is -6.39. The van der Waals surface area contributed by atoms with E-state index >= 15 is 0 Å². The molecule has 8 aromatic rings. The van der Waals surface area contributed by atoms with Crippen molar-refractivity contribution in [2.24, 2.45) is 11.7 Å². The van der Waals surface area contributed by atoms with Crippen LogP contribution in [-0.2, 0) is 61.2 Å². The normalized spacial score (nSPS) is 11.0. The second-order valence-corrected chi connectivity index (χ2v) is 23.9. The Morgan fingerprint density at radius 3 is 2.00 bits per heavy atom. The maximum absolute atomic E-state index is 13.6. The lowest BCUT2D eigenvalue weighted by Gasteiger charge is -2.09. The SMILES string of the molecule is CCC.CNC(C)=O.COCc1sc(CNC(=O)c2nc(CNC(=O)c3csc(-c4ccc(-c5nc(NC(=O)CC[C@@H](CC(=O)O)C(=O)O)cs5)nc4-c4csc(-c5csc(CCc6ccccc6)n5)n4)n3)sc2C)nc1C(=O)NCC(N)=O. The molecule has 30 heteroatoms. The van der Waals surface area contributed by atoms with E-state index in [1.165, 1.54) is 82.7 Å². The monoisotopic (exact) mass is 1260 g/mol. The Labute approximate surface area is 505 Å². The Bertz CT molecular complexity index is 3590. The Balaban J connectivity index is 0.00000133. The van der Waals surface area contributed by atoms with Crippen molar-refractivity contribution >= 4 is 121 Å². The van der Waals surface area contributed by atoms with Gasteiger partial charge in [-0.2, -0.15) is 0 Å². The van der Waals surface area contributed by atoms with Gasteiger partial charge in [0.2, 0.25) is 17.7 Å². The number of nitrogens with zero attached hydrogens (tertiary/aromatic N) is 7. The highest BCUT2D eigenvalue weighted by molar-refractivity contribution is 7.15. The first-order valence-electron chi connectivity index (χ1n) is 25.7. The molecule has 0 fully saturated rings. The van der Waals surface area contributed by atoms with Crippen molar-refractivity contribution in [3.05, 3.63) is 111 Å². The van der Waals surface area contributed by atoms with Gasteiger partial charge in [0, 0.05) is 65.9 Å². The molecule has 0 aliphatic carbocycles. The van der Waals surface area contributed by atoms with Crippen LogP contribution in [0.2, 0.25) is 0 Å². The smallest absolute Gasteiger partial charge is 0.307 e. The maximum atomic E-state index is 13.6. The fourth-order valence-electron chi connectivity index (χ4n) is 7.21. The summed E-state index contributed by atoms with van der Waals surface area (Å²) < 4.78 is 5.19. The summed E-state index contributed by atoms with van der Waals surface area (Å²) in [6, 6.07) is 13.7. The van der Waals surface area contributed by atoms with Crippen molar-refractivity contribution in [2.75, 3.05) is 26.0 Å². The van der Waals surface area contributed by atoms with E-state index in [0.29, 0.717) is 57.4 Å². The minimum absolute atomic E-state index is 0.00135. The average molecular weight is 1260 g/mol.